The van der Waals surface area contributed by atoms with Gasteiger partial charge in [0.25, 0.3) is 5.91 Å². The van der Waals surface area contributed by atoms with Gasteiger partial charge in [0.1, 0.15) is 17.8 Å². The molecule has 0 aromatic carbocycles. The molecule has 1 aromatic rings. The fourth-order valence-corrected chi connectivity index (χ4v) is 4.74. The highest BCUT2D eigenvalue weighted by atomic mass is 32.2. The molecule has 2 saturated heterocycles. The maximum Gasteiger partial charge on any atom is 0.270 e. The van der Waals surface area contributed by atoms with E-state index in [4.69, 9.17) is 0 Å². The number of anilines is 1. The molecular weight excluding hydrogens is 346 g/mol. The van der Waals surface area contributed by atoms with Gasteiger partial charge < -0.3 is 15.1 Å². The molecule has 2 fully saturated rings. The van der Waals surface area contributed by atoms with Crippen LogP contribution in [0.4, 0.5) is 5.82 Å². The van der Waals surface area contributed by atoms with E-state index in [0.29, 0.717) is 38.4 Å². The maximum absolute atomic E-state index is 12.3. The van der Waals surface area contributed by atoms with Crippen LogP contribution >= 0.6 is 0 Å². The summed E-state index contributed by atoms with van der Waals surface area (Å²) in [5, 5.41) is 2.72. The van der Waals surface area contributed by atoms with Crippen LogP contribution in [0.15, 0.2) is 12.4 Å². The Morgan fingerprint density at radius 2 is 1.92 bits per heavy atom. The number of hydrogen-bond acceptors (Lipinski definition) is 7. The summed E-state index contributed by atoms with van der Waals surface area (Å²) in [4.78, 5) is 35.7. The lowest BCUT2D eigenvalue weighted by atomic mass is 10.2. The molecular formula is C15H21N5O4S. The molecule has 2 amide bonds. The summed E-state index contributed by atoms with van der Waals surface area (Å²) in [5.74, 6) is 0.362. The van der Waals surface area contributed by atoms with Gasteiger partial charge in [-0.05, 0) is 6.42 Å². The Morgan fingerprint density at radius 1 is 1.20 bits per heavy atom. The third-order valence-electron chi connectivity index (χ3n) is 4.50. The lowest BCUT2D eigenvalue weighted by Gasteiger charge is -2.34. The molecule has 9 nitrogen and oxygen atoms in total. The highest BCUT2D eigenvalue weighted by Gasteiger charge is 2.29. The van der Waals surface area contributed by atoms with Gasteiger partial charge in [0.05, 0.1) is 11.5 Å². The molecule has 1 aromatic heterocycles. The van der Waals surface area contributed by atoms with Gasteiger partial charge in [0, 0.05) is 45.2 Å². The second-order valence-corrected chi connectivity index (χ2v) is 8.56. The molecule has 1 N–H and O–H groups in total. The summed E-state index contributed by atoms with van der Waals surface area (Å²) in [6, 6.07) is 1.23. The molecule has 136 valence electrons. The van der Waals surface area contributed by atoms with Crippen LogP contribution in [0.1, 0.15) is 23.8 Å². The topological polar surface area (TPSA) is 113 Å². The summed E-state index contributed by atoms with van der Waals surface area (Å²) in [6.45, 7) is 4.05. The van der Waals surface area contributed by atoms with Crippen LogP contribution in [0.2, 0.25) is 0 Å². The molecule has 2 aliphatic heterocycles. The van der Waals surface area contributed by atoms with Crippen molar-refractivity contribution in [3.8, 4) is 0 Å². The normalized spacial score (nSPS) is 22.7. The van der Waals surface area contributed by atoms with Gasteiger partial charge in [0.15, 0.2) is 9.84 Å². The molecule has 10 heteroatoms. The first-order valence-electron chi connectivity index (χ1n) is 8.18. The quantitative estimate of drug-likeness (QED) is 0.734. The lowest BCUT2D eigenvalue weighted by Crippen LogP contribution is -2.48. The zero-order valence-electron chi connectivity index (χ0n) is 14.0. The largest absolute Gasteiger partial charge is 0.353 e. The Bertz CT molecular complexity index is 774. The number of aromatic nitrogens is 2. The molecule has 0 bridgehead atoms. The average Bonchev–Trinajstić information content (AvgIpc) is 2.93. The molecule has 0 radical (unpaired) electrons. The van der Waals surface area contributed by atoms with Crippen molar-refractivity contribution in [2.24, 2.45) is 0 Å². The van der Waals surface area contributed by atoms with E-state index in [-0.39, 0.29) is 29.1 Å². The molecule has 1 atom stereocenters. The van der Waals surface area contributed by atoms with Gasteiger partial charge in [-0.25, -0.2) is 18.4 Å². The predicted octanol–water partition coefficient (Wildman–Crippen LogP) is -0.938. The van der Waals surface area contributed by atoms with Crippen molar-refractivity contribution < 1.29 is 18.0 Å². The second-order valence-electron chi connectivity index (χ2n) is 6.33. The van der Waals surface area contributed by atoms with Crippen molar-refractivity contribution in [1.82, 2.24) is 20.2 Å². The summed E-state index contributed by atoms with van der Waals surface area (Å²) < 4.78 is 23.0. The SMILES string of the molecule is CC(=O)N1CCN(c2cc(C(=O)NC3CCS(=O)(=O)C3)ncn2)CC1. The standard InChI is InChI=1S/C15H21N5O4S/c1-11(21)19-3-5-20(6-4-19)14-8-13(16-10-17-14)15(22)18-12-2-7-25(23,24)9-12/h8,10,12H,2-7,9H2,1H3,(H,18,22). The van der Waals surface area contributed by atoms with E-state index in [0.717, 1.165) is 0 Å². The molecule has 0 spiro atoms. The van der Waals surface area contributed by atoms with E-state index in [2.05, 4.69) is 15.3 Å². The Hall–Kier alpha value is -2.23. The van der Waals surface area contributed by atoms with Crippen LogP contribution in [-0.2, 0) is 14.6 Å². The number of hydrogen-bond donors (Lipinski definition) is 1. The monoisotopic (exact) mass is 367 g/mol. The number of rotatable bonds is 3. The minimum Gasteiger partial charge on any atom is -0.353 e. The van der Waals surface area contributed by atoms with E-state index in [9.17, 15) is 18.0 Å². The fourth-order valence-electron chi connectivity index (χ4n) is 3.06. The summed E-state index contributed by atoms with van der Waals surface area (Å²) in [7, 11) is -3.05. The van der Waals surface area contributed by atoms with E-state index in [1.807, 2.05) is 4.90 Å². The number of nitrogens with zero attached hydrogens (tertiary/aromatic N) is 4. The Labute approximate surface area is 146 Å². The van der Waals surface area contributed by atoms with Crippen molar-refractivity contribution in [1.29, 1.82) is 0 Å². The van der Waals surface area contributed by atoms with Gasteiger partial charge >= 0.3 is 0 Å². The van der Waals surface area contributed by atoms with Crippen molar-refractivity contribution >= 4 is 27.5 Å². The van der Waals surface area contributed by atoms with E-state index >= 15 is 0 Å². The van der Waals surface area contributed by atoms with Crippen molar-refractivity contribution in [2.45, 2.75) is 19.4 Å². The molecule has 25 heavy (non-hydrogen) atoms. The highest BCUT2D eigenvalue weighted by molar-refractivity contribution is 7.91. The molecule has 0 saturated carbocycles. The van der Waals surface area contributed by atoms with Crippen molar-refractivity contribution in [3.05, 3.63) is 18.1 Å². The summed E-state index contributed by atoms with van der Waals surface area (Å²) in [5.41, 5.74) is 0.211. The Balaban J connectivity index is 1.63. The van der Waals surface area contributed by atoms with Crippen LogP contribution < -0.4 is 10.2 Å². The number of amides is 2. The van der Waals surface area contributed by atoms with Crippen LogP contribution in [0, 0.1) is 0 Å². The molecule has 3 heterocycles. The number of carbonyl (C=O) groups is 2. The van der Waals surface area contributed by atoms with E-state index in [1.165, 1.54) is 6.33 Å². The van der Waals surface area contributed by atoms with E-state index in [1.54, 1.807) is 17.9 Å². The van der Waals surface area contributed by atoms with Crippen LogP contribution in [0.5, 0.6) is 0 Å². The number of piperazine rings is 1. The maximum atomic E-state index is 12.3. The molecule has 0 aliphatic carbocycles. The molecule has 1 unspecified atom stereocenters. The third-order valence-corrected chi connectivity index (χ3v) is 6.27. The van der Waals surface area contributed by atoms with Crippen LogP contribution in [0.3, 0.4) is 0 Å². The van der Waals surface area contributed by atoms with Gasteiger partial charge in [0.2, 0.25) is 5.91 Å². The lowest BCUT2D eigenvalue weighted by molar-refractivity contribution is -0.129. The first-order chi connectivity index (χ1) is 11.8. The van der Waals surface area contributed by atoms with Crippen molar-refractivity contribution in [2.75, 3.05) is 42.6 Å². The minimum atomic E-state index is -3.05. The highest BCUT2D eigenvalue weighted by Crippen LogP contribution is 2.15. The van der Waals surface area contributed by atoms with Gasteiger partial charge in [-0.3, -0.25) is 9.59 Å². The van der Waals surface area contributed by atoms with Gasteiger partial charge in [-0.1, -0.05) is 0 Å². The van der Waals surface area contributed by atoms with Crippen LogP contribution in [-0.4, -0.2) is 78.8 Å². The number of sulfone groups is 1. The number of nitrogens with one attached hydrogen (secondary N) is 1. The smallest absolute Gasteiger partial charge is 0.270 e. The second kappa shape index (κ2) is 6.95. The Morgan fingerprint density at radius 3 is 2.52 bits per heavy atom. The molecule has 2 aliphatic rings. The van der Waals surface area contributed by atoms with Gasteiger partial charge in [-0.2, -0.15) is 0 Å². The zero-order chi connectivity index (χ0) is 18.0. The first-order valence-corrected chi connectivity index (χ1v) is 10.00. The molecule has 3 rings (SSSR count). The van der Waals surface area contributed by atoms with Crippen molar-refractivity contribution in [3.63, 3.8) is 0 Å². The third kappa shape index (κ3) is 4.25. The average molecular weight is 367 g/mol. The van der Waals surface area contributed by atoms with Crippen LogP contribution in [0.25, 0.3) is 0 Å². The van der Waals surface area contributed by atoms with Gasteiger partial charge in [-0.15, -0.1) is 0 Å². The minimum absolute atomic E-state index is 0.0241. The summed E-state index contributed by atoms with van der Waals surface area (Å²) in [6.07, 6.45) is 1.76. The zero-order valence-corrected chi connectivity index (χ0v) is 14.8. The Kier molecular flexibility index (Phi) is 4.89. The predicted molar refractivity (Wildman–Crippen MR) is 91.0 cm³/mol. The fraction of sp³-hybridized carbons (Fsp3) is 0.600. The first kappa shape index (κ1) is 17.6. The van der Waals surface area contributed by atoms with E-state index < -0.39 is 15.7 Å². The summed E-state index contributed by atoms with van der Waals surface area (Å²) >= 11 is 0. The number of carbonyl (C=O) groups excluding carboxylic acids is 2.